The van der Waals surface area contributed by atoms with Crippen molar-refractivity contribution in [2.75, 3.05) is 14.2 Å². The average molecular weight is 995 g/mol. The monoisotopic (exact) mass is 994 g/mol. The number of hydrogen-bond acceptors (Lipinski definition) is 15. The molecule has 0 spiro atoms. The molecule has 0 amide bonds. The van der Waals surface area contributed by atoms with Gasteiger partial charge in [-0.15, -0.1) is 66.9 Å². The number of carbonyl (C=O) groups excluding carboxylic acids is 11. The van der Waals surface area contributed by atoms with Crippen molar-refractivity contribution in [2.24, 2.45) is 16.2 Å². The minimum Gasteiger partial charge on any atom is -0.469 e. The van der Waals surface area contributed by atoms with Crippen LogP contribution in [0.3, 0.4) is 0 Å². The van der Waals surface area contributed by atoms with Crippen molar-refractivity contribution in [3.05, 3.63) is 6.92 Å². The van der Waals surface area contributed by atoms with Crippen molar-refractivity contribution < 1.29 is 91.3 Å². The van der Waals surface area contributed by atoms with Crippen LogP contribution >= 0.6 is 0 Å². The Morgan fingerprint density at radius 3 is 1.07 bits per heavy atom. The van der Waals surface area contributed by atoms with E-state index in [9.17, 15) is 19.5 Å². The summed E-state index contributed by atoms with van der Waals surface area (Å²) in [5.74, 6) is 26.9. The van der Waals surface area contributed by atoms with Crippen molar-refractivity contribution in [2.45, 2.75) is 137 Å². The van der Waals surface area contributed by atoms with Crippen molar-refractivity contribution in [3.63, 3.8) is 0 Å². The molecule has 4 atom stereocenters. The number of ether oxygens (including phenoxy) is 2. The molecule has 0 aliphatic carbocycles. The second-order valence-corrected chi connectivity index (χ2v) is 25.6. The van der Waals surface area contributed by atoms with Crippen LogP contribution in [0.25, 0.3) is 0 Å². The average Bonchev–Trinajstić information content (AvgIpc) is 3.25. The van der Waals surface area contributed by atoms with Gasteiger partial charge < -0.3 is 26.6 Å². The van der Waals surface area contributed by atoms with Crippen molar-refractivity contribution in [1.29, 1.82) is 0 Å². The van der Waals surface area contributed by atoms with Gasteiger partial charge in [0.15, 0.2) is 18.5 Å². The molecular weight excluding hydrogens is 928 g/mol. The van der Waals surface area contributed by atoms with E-state index in [1.54, 1.807) is 13.8 Å². The van der Waals surface area contributed by atoms with Crippen LogP contribution in [0.1, 0.15) is 86.0 Å². The number of rotatable bonds is 9. The Morgan fingerprint density at radius 2 is 0.871 bits per heavy atom. The molecule has 0 saturated heterocycles. The summed E-state index contributed by atoms with van der Waals surface area (Å²) < 4.78 is 9.38. The molecule has 2 N–H and O–H groups in total. The standard InChI is InChI=1S/C16H22O3Si.C13H14O3.C9H12.C6H10OSi.C4H9.4CO2.Li/c1-7-11-16(2,15(18)19-3)12-8-9-14(17)10-13-20(4,5)6;1-5-9-13(3,12(15)16-4)10-7-8-11(14)6-2;1-5-7-9(3,4)8-6-2;1-8(2,3)6-4-5-7;1-3-4-2;4*2-1-3;/h1,14,17H,11-12H2,2-6H3;1-2,11,14H,9-10H2,3-4H3;1-2H,7-8H2,3-4H3;5H,1-3H3;1,3-4H2,2H3;;;;;/q;;;;-1;;;;;+1. The Kier molecular flexibility index (Phi) is 71.8. The quantitative estimate of drug-likeness (QED) is 0.110. The second kappa shape index (κ2) is 58.2. The summed E-state index contributed by atoms with van der Waals surface area (Å²) >= 11 is 0. The van der Waals surface area contributed by atoms with Crippen LogP contribution in [-0.4, -0.2) is 95.6 Å². The van der Waals surface area contributed by atoms with Crippen LogP contribution in [-0.2, 0) is 62.2 Å². The summed E-state index contributed by atoms with van der Waals surface area (Å²) in [6, 6.07) is 0. The Hall–Kier alpha value is -6.88. The van der Waals surface area contributed by atoms with Gasteiger partial charge in [0.05, 0.1) is 25.0 Å². The summed E-state index contributed by atoms with van der Waals surface area (Å²) in [6.45, 7) is 25.8. The van der Waals surface area contributed by atoms with E-state index in [4.69, 9.17) is 80.3 Å². The molecule has 4 unspecified atom stereocenters. The third kappa shape index (κ3) is 78.3. The molecule has 374 valence electrons. The van der Waals surface area contributed by atoms with Crippen molar-refractivity contribution >= 4 is 59.0 Å². The molecule has 0 rings (SSSR count). The molecule has 18 heteroatoms. The van der Waals surface area contributed by atoms with Gasteiger partial charge >= 0.3 is 55.4 Å². The SMILES string of the molecule is C#CCC(C)(C)CC#C.C#CCC(C)(CC#CC(O)C#C)C(=O)OC.C#CCC(C)(CC#CC(O)C#C[Si](C)(C)C)C(=O)OC.C[Si](C)(C)C#CC=O.O=C=O.O=C=O.O=C=O.O=C=O.[CH2-]CCC.[Li+]. The van der Waals surface area contributed by atoms with E-state index < -0.39 is 51.1 Å². The molecule has 0 aromatic carbocycles. The number of esters is 2. The van der Waals surface area contributed by atoms with Crippen molar-refractivity contribution in [3.8, 4) is 108 Å². The van der Waals surface area contributed by atoms with Gasteiger partial charge in [0.25, 0.3) is 0 Å². The maximum absolute atomic E-state index is 11.7. The molecule has 0 aromatic heterocycles. The molecule has 0 heterocycles. The zero-order valence-corrected chi connectivity index (χ0v) is 45.2. The van der Waals surface area contributed by atoms with Gasteiger partial charge in [0.2, 0.25) is 0 Å². The van der Waals surface area contributed by atoms with Crippen LogP contribution in [0.15, 0.2) is 0 Å². The number of terminal acetylenes is 5. The summed E-state index contributed by atoms with van der Waals surface area (Å²) in [4.78, 5) is 97.9. The van der Waals surface area contributed by atoms with Crippen LogP contribution < -0.4 is 18.9 Å². The molecule has 0 aromatic rings. The topological polar surface area (TPSA) is 247 Å². The predicted octanol–water partition coefficient (Wildman–Crippen LogP) is 1.82. The first-order valence-electron chi connectivity index (χ1n) is 19.9. The first kappa shape index (κ1) is 86.3. The molecular formula is C52H67LiO15Si2. The maximum atomic E-state index is 11.7. The van der Waals surface area contributed by atoms with Gasteiger partial charge in [-0.3, -0.25) is 14.4 Å². The van der Waals surface area contributed by atoms with Gasteiger partial charge in [-0.2, -0.15) is 44.8 Å². The third-order valence-corrected chi connectivity index (χ3v) is 8.33. The van der Waals surface area contributed by atoms with E-state index in [1.165, 1.54) is 20.6 Å². The first-order chi connectivity index (χ1) is 31.9. The number of aldehydes is 1. The van der Waals surface area contributed by atoms with E-state index in [2.05, 4.69) is 148 Å². The molecule has 0 fully saturated rings. The van der Waals surface area contributed by atoms with E-state index in [0.29, 0.717) is 6.29 Å². The van der Waals surface area contributed by atoms with Crippen LogP contribution in [0.2, 0.25) is 39.3 Å². The Labute approximate surface area is 431 Å². The Bertz CT molecular complexity index is 2010. The molecule has 0 radical (unpaired) electrons. The Balaban J connectivity index is -0.0000000800. The summed E-state index contributed by atoms with van der Waals surface area (Å²) in [5, 5.41) is 18.7. The number of aliphatic hydroxyl groups is 2. The number of aliphatic hydroxyl groups excluding tert-OH is 2. The molecule has 15 nitrogen and oxygen atoms in total. The normalized spacial score (nSPS) is 10.6. The third-order valence-electron chi connectivity index (χ3n) is 6.54. The number of methoxy groups -OCH3 is 2. The molecule has 0 aliphatic heterocycles. The van der Waals surface area contributed by atoms with Gasteiger partial charge in [0.1, 0.15) is 16.1 Å². The fraction of sp³-hybridized carbons (Fsp3) is 0.500. The smallest absolute Gasteiger partial charge is 0.469 e. The number of unbranched alkanes of at least 4 members (excludes halogenated alkanes) is 1. The molecule has 0 bridgehead atoms. The number of carbonyl (C=O) groups is 3. The Morgan fingerprint density at radius 1 is 0.586 bits per heavy atom. The van der Waals surface area contributed by atoms with E-state index in [-0.39, 0.29) is 74.6 Å². The van der Waals surface area contributed by atoms with Crippen molar-refractivity contribution in [1.82, 2.24) is 0 Å². The fourth-order valence-corrected chi connectivity index (χ4v) is 4.33. The minimum absolute atomic E-state index is 0. The zero-order valence-electron chi connectivity index (χ0n) is 43.2. The number of hydrogen-bond donors (Lipinski definition) is 2. The second-order valence-electron chi connectivity index (χ2n) is 16.1. The molecule has 70 heavy (non-hydrogen) atoms. The largest absolute Gasteiger partial charge is 1.00 e. The van der Waals surface area contributed by atoms with E-state index in [0.717, 1.165) is 19.3 Å². The van der Waals surface area contributed by atoms with Crippen LogP contribution in [0.5, 0.6) is 0 Å². The minimum atomic E-state index is -1.52. The first-order valence-corrected chi connectivity index (χ1v) is 26.9. The van der Waals surface area contributed by atoms with Crippen LogP contribution in [0, 0.1) is 131 Å². The zero-order chi connectivity index (χ0) is 56.6. The van der Waals surface area contributed by atoms with E-state index >= 15 is 0 Å². The van der Waals surface area contributed by atoms with Gasteiger partial charge in [-0.1, -0.05) is 102 Å². The fourth-order valence-electron chi connectivity index (χ4n) is 3.27. The van der Waals surface area contributed by atoms with E-state index in [1.807, 2.05) is 0 Å². The van der Waals surface area contributed by atoms with Gasteiger partial charge in [0, 0.05) is 38.5 Å². The molecule has 0 saturated carbocycles. The van der Waals surface area contributed by atoms with Gasteiger partial charge in [-0.05, 0) is 25.2 Å². The maximum Gasteiger partial charge on any atom is 1.00 e. The summed E-state index contributed by atoms with van der Waals surface area (Å²) in [7, 11) is -0.182. The van der Waals surface area contributed by atoms with Gasteiger partial charge in [-0.25, -0.2) is 0 Å². The predicted molar refractivity (Wildman–Crippen MR) is 262 cm³/mol. The summed E-state index contributed by atoms with van der Waals surface area (Å²) in [5.41, 5.74) is 4.36. The van der Waals surface area contributed by atoms with Crippen LogP contribution in [0.4, 0.5) is 0 Å². The summed E-state index contributed by atoms with van der Waals surface area (Å²) in [6.07, 6.45) is 29.9. The molecule has 0 aliphatic rings.